The van der Waals surface area contributed by atoms with Crippen LogP contribution in [0.4, 0.5) is 0 Å². The molecular formula is C21H23NO5. The molecule has 0 saturated heterocycles. The lowest BCUT2D eigenvalue weighted by atomic mass is 10.1. The van der Waals surface area contributed by atoms with E-state index in [1.165, 1.54) is 0 Å². The van der Waals surface area contributed by atoms with E-state index < -0.39 is 0 Å². The van der Waals surface area contributed by atoms with Gasteiger partial charge in [0.2, 0.25) is 0 Å². The van der Waals surface area contributed by atoms with Crippen LogP contribution in [0.5, 0.6) is 17.2 Å². The first kappa shape index (κ1) is 18.8. The minimum Gasteiger partial charge on any atom is -0.490 e. The second-order valence-corrected chi connectivity index (χ2v) is 6.20. The van der Waals surface area contributed by atoms with Crippen LogP contribution >= 0.6 is 0 Å². The summed E-state index contributed by atoms with van der Waals surface area (Å²) >= 11 is 0. The maximum atomic E-state index is 12.0. The van der Waals surface area contributed by atoms with Crippen molar-refractivity contribution in [2.24, 2.45) is 0 Å². The molecule has 1 aliphatic heterocycles. The molecule has 2 aromatic carbocycles. The van der Waals surface area contributed by atoms with E-state index in [2.05, 4.69) is 5.32 Å². The van der Waals surface area contributed by atoms with E-state index in [9.17, 15) is 9.59 Å². The number of hydrogen-bond donors (Lipinski definition) is 1. The highest BCUT2D eigenvalue weighted by molar-refractivity contribution is 5.95. The van der Waals surface area contributed by atoms with Crippen molar-refractivity contribution < 1.29 is 23.8 Å². The topological polar surface area (TPSA) is 73.9 Å². The summed E-state index contributed by atoms with van der Waals surface area (Å²) < 4.78 is 16.7. The van der Waals surface area contributed by atoms with Gasteiger partial charge in [-0.25, -0.2) is 0 Å². The Hall–Kier alpha value is -3.02. The van der Waals surface area contributed by atoms with E-state index in [1.54, 1.807) is 24.3 Å². The predicted molar refractivity (Wildman–Crippen MR) is 100 cm³/mol. The average molecular weight is 369 g/mol. The van der Waals surface area contributed by atoms with Gasteiger partial charge in [-0.1, -0.05) is 13.0 Å². The number of carbonyl (C=O) groups excluding carboxylic acids is 2. The largest absolute Gasteiger partial charge is 0.490 e. The van der Waals surface area contributed by atoms with Crippen LogP contribution in [0.3, 0.4) is 0 Å². The number of ketones is 1. The first-order valence-corrected chi connectivity index (χ1v) is 9.07. The maximum Gasteiger partial charge on any atom is 0.258 e. The number of carbonyl (C=O) groups is 2. The van der Waals surface area contributed by atoms with Crippen LogP contribution in [0.25, 0.3) is 0 Å². The Kier molecular flexibility index (Phi) is 6.30. The second kappa shape index (κ2) is 9.07. The molecule has 1 aliphatic rings. The molecule has 0 saturated carbocycles. The average Bonchev–Trinajstić information content (AvgIpc) is 2.95. The van der Waals surface area contributed by atoms with Crippen LogP contribution in [-0.4, -0.2) is 31.5 Å². The molecule has 0 aliphatic carbocycles. The van der Waals surface area contributed by atoms with Crippen molar-refractivity contribution in [3.8, 4) is 17.2 Å². The monoisotopic (exact) mass is 369 g/mol. The minimum atomic E-state index is -0.226. The fourth-order valence-corrected chi connectivity index (χ4v) is 2.66. The van der Waals surface area contributed by atoms with Crippen LogP contribution in [0.1, 0.15) is 35.7 Å². The lowest BCUT2D eigenvalue weighted by Gasteiger charge is -2.11. The van der Waals surface area contributed by atoms with E-state index in [1.807, 2.05) is 25.1 Å². The standard InChI is InChI=1S/C21H23NO5/c1-2-18(23)16-5-7-17(8-6-16)27-14-21(24)22-13-15-4-9-19-20(12-15)26-11-3-10-25-19/h4-9,12H,2-3,10-11,13-14H2,1H3,(H,22,24). The van der Waals surface area contributed by atoms with Crippen LogP contribution in [0, 0.1) is 0 Å². The Balaban J connectivity index is 1.47. The summed E-state index contributed by atoms with van der Waals surface area (Å²) in [6.07, 6.45) is 1.31. The zero-order valence-electron chi connectivity index (χ0n) is 15.3. The lowest BCUT2D eigenvalue weighted by Crippen LogP contribution is -2.28. The summed E-state index contributed by atoms with van der Waals surface area (Å²) in [6, 6.07) is 12.4. The van der Waals surface area contributed by atoms with Crippen molar-refractivity contribution in [3.63, 3.8) is 0 Å². The predicted octanol–water partition coefficient (Wildman–Crippen LogP) is 3.14. The van der Waals surface area contributed by atoms with Gasteiger partial charge in [0.25, 0.3) is 5.91 Å². The molecule has 0 spiro atoms. The van der Waals surface area contributed by atoms with Gasteiger partial charge in [0, 0.05) is 24.9 Å². The van der Waals surface area contributed by atoms with Gasteiger partial charge < -0.3 is 19.5 Å². The normalized spacial score (nSPS) is 12.8. The van der Waals surface area contributed by atoms with Crippen LogP contribution in [0.2, 0.25) is 0 Å². The third-order valence-corrected chi connectivity index (χ3v) is 4.17. The summed E-state index contributed by atoms with van der Waals surface area (Å²) in [7, 11) is 0. The fourth-order valence-electron chi connectivity index (χ4n) is 2.66. The molecule has 0 bridgehead atoms. The van der Waals surface area contributed by atoms with Gasteiger partial charge in [0.15, 0.2) is 23.9 Å². The van der Waals surface area contributed by atoms with Gasteiger partial charge in [-0.3, -0.25) is 9.59 Å². The third-order valence-electron chi connectivity index (χ3n) is 4.17. The van der Waals surface area contributed by atoms with Gasteiger partial charge >= 0.3 is 0 Å². The highest BCUT2D eigenvalue weighted by Crippen LogP contribution is 2.30. The Morgan fingerprint density at radius 2 is 1.78 bits per heavy atom. The third kappa shape index (κ3) is 5.23. The quantitative estimate of drug-likeness (QED) is 0.759. The molecule has 1 N–H and O–H groups in total. The molecule has 1 amide bonds. The van der Waals surface area contributed by atoms with Crippen LogP contribution in [-0.2, 0) is 11.3 Å². The molecule has 6 heteroatoms. The summed E-state index contributed by atoms with van der Waals surface area (Å²) in [5.74, 6) is 1.84. The summed E-state index contributed by atoms with van der Waals surface area (Å²) in [4.78, 5) is 23.6. The number of amides is 1. The number of hydrogen-bond acceptors (Lipinski definition) is 5. The molecule has 1 heterocycles. The van der Waals surface area contributed by atoms with Crippen molar-refractivity contribution in [2.45, 2.75) is 26.3 Å². The lowest BCUT2D eigenvalue weighted by molar-refractivity contribution is -0.123. The Bertz CT molecular complexity index is 801. The van der Waals surface area contributed by atoms with E-state index in [0.29, 0.717) is 43.2 Å². The number of fused-ring (bicyclic) bond motifs is 1. The van der Waals surface area contributed by atoms with Gasteiger partial charge in [-0.05, 0) is 42.0 Å². The van der Waals surface area contributed by atoms with Gasteiger partial charge in [0.05, 0.1) is 13.2 Å². The number of benzene rings is 2. The Morgan fingerprint density at radius 1 is 1.04 bits per heavy atom. The SMILES string of the molecule is CCC(=O)c1ccc(OCC(=O)NCc2ccc3c(c2)OCCCO3)cc1. The molecule has 27 heavy (non-hydrogen) atoms. The van der Waals surface area contributed by atoms with E-state index in [-0.39, 0.29) is 18.3 Å². The van der Waals surface area contributed by atoms with E-state index >= 15 is 0 Å². The number of nitrogens with one attached hydrogen (secondary N) is 1. The zero-order valence-corrected chi connectivity index (χ0v) is 15.3. The first-order chi connectivity index (χ1) is 13.2. The highest BCUT2D eigenvalue weighted by atomic mass is 16.5. The van der Waals surface area contributed by atoms with Crippen molar-refractivity contribution in [1.29, 1.82) is 0 Å². The second-order valence-electron chi connectivity index (χ2n) is 6.20. The molecule has 0 unspecified atom stereocenters. The van der Waals surface area contributed by atoms with Crippen molar-refractivity contribution in [1.82, 2.24) is 5.32 Å². The molecule has 0 fully saturated rings. The maximum absolute atomic E-state index is 12.0. The summed E-state index contributed by atoms with van der Waals surface area (Å²) in [5.41, 5.74) is 1.57. The molecule has 0 radical (unpaired) electrons. The van der Waals surface area contributed by atoms with Gasteiger partial charge in [0.1, 0.15) is 5.75 Å². The first-order valence-electron chi connectivity index (χ1n) is 9.07. The van der Waals surface area contributed by atoms with Crippen LogP contribution < -0.4 is 19.5 Å². The van der Waals surface area contributed by atoms with Crippen molar-refractivity contribution >= 4 is 11.7 Å². The number of ether oxygens (including phenoxy) is 3. The molecule has 0 aromatic heterocycles. The van der Waals surface area contributed by atoms with Crippen LogP contribution in [0.15, 0.2) is 42.5 Å². The smallest absolute Gasteiger partial charge is 0.258 e. The zero-order chi connectivity index (χ0) is 19.1. The van der Waals surface area contributed by atoms with Gasteiger partial charge in [-0.2, -0.15) is 0 Å². The highest BCUT2D eigenvalue weighted by Gasteiger charge is 2.11. The van der Waals surface area contributed by atoms with E-state index in [4.69, 9.17) is 14.2 Å². The summed E-state index contributed by atoms with van der Waals surface area (Å²) in [5, 5.41) is 2.82. The number of rotatable bonds is 7. The van der Waals surface area contributed by atoms with E-state index in [0.717, 1.165) is 17.7 Å². The van der Waals surface area contributed by atoms with Crippen molar-refractivity contribution in [2.75, 3.05) is 19.8 Å². The minimum absolute atomic E-state index is 0.0782. The molecule has 3 rings (SSSR count). The molecule has 142 valence electrons. The molecule has 2 aromatic rings. The van der Waals surface area contributed by atoms with Gasteiger partial charge in [-0.15, -0.1) is 0 Å². The summed E-state index contributed by atoms with van der Waals surface area (Å²) in [6.45, 7) is 3.38. The molecule has 6 nitrogen and oxygen atoms in total. The molecular weight excluding hydrogens is 346 g/mol. The fraction of sp³-hybridized carbons (Fsp3) is 0.333. The molecule has 0 atom stereocenters. The Morgan fingerprint density at radius 3 is 2.52 bits per heavy atom. The van der Waals surface area contributed by atoms with Crippen molar-refractivity contribution in [3.05, 3.63) is 53.6 Å². The number of Topliss-reactive ketones (excluding diaryl/α,β-unsaturated/α-hetero) is 1. The Labute approximate surface area is 158 Å².